The lowest BCUT2D eigenvalue weighted by Crippen LogP contribution is -2.23. The van der Waals surface area contributed by atoms with Crippen molar-refractivity contribution in [2.75, 3.05) is 7.05 Å². The van der Waals surface area contributed by atoms with Crippen molar-refractivity contribution >= 4 is 0 Å². The van der Waals surface area contributed by atoms with Gasteiger partial charge in [0.2, 0.25) is 0 Å². The van der Waals surface area contributed by atoms with Gasteiger partial charge in [-0.15, -0.1) is 0 Å². The van der Waals surface area contributed by atoms with Gasteiger partial charge >= 0.3 is 0 Å². The van der Waals surface area contributed by atoms with Crippen LogP contribution in [0.25, 0.3) is 0 Å². The van der Waals surface area contributed by atoms with Gasteiger partial charge in [-0.1, -0.05) is 13.8 Å². The Kier molecular flexibility index (Phi) is 3.54. The number of aryl methyl sites for hydroxylation is 1. The highest BCUT2D eigenvalue weighted by molar-refractivity contribution is 5.25. The minimum Gasteiger partial charge on any atom is -0.313 e. The zero-order valence-corrected chi connectivity index (χ0v) is 10.5. The normalized spacial score (nSPS) is 21.6. The Balaban J connectivity index is 2.31. The molecule has 16 heavy (non-hydrogen) atoms. The summed E-state index contributed by atoms with van der Waals surface area (Å²) in [6.45, 7) is 4.38. The maximum Gasteiger partial charge on any atom is 0.131 e. The van der Waals surface area contributed by atoms with E-state index in [1.54, 1.807) is 0 Å². The lowest BCUT2D eigenvalue weighted by molar-refractivity contribution is 0.483. The third-order valence-corrected chi connectivity index (χ3v) is 3.60. The number of hydrogen-bond donors (Lipinski definition) is 1. The number of hydrogen-bond acceptors (Lipinski definition) is 3. The molecule has 0 radical (unpaired) electrons. The fourth-order valence-corrected chi connectivity index (χ4v) is 2.28. The molecule has 2 unspecified atom stereocenters. The third-order valence-electron chi connectivity index (χ3n) is 3.60. The first-order valence-corrected chi connectivity index (χ1v) is 6.29. The van der Waals surface area contributed by atoms with Crippen LogP contribution in [0.5, 0.6) is 0 Å². The van der Waals surface area contributed by atoms with E-state index >= 15 is 0 Å². The summed E-state index contributed by atoms with van der Waals surface area (Å²) in [5, 5.41) is 3.34. The lowest BCUT2D eigenvalue weighted by Gasteiger charge is -2.24. The van der Waals surface area contributed by atoms with Crippen LogP contribution in [0.2, 0.25) is 0 Å². The lowest BCUT2D eigenvalue weighted by atomic mass is 9.92. The van der Waals surface area contributed by atoms with Crippen molar-refractivity contribution in [1.29, 1.82) is 0 Å². The maximum atomic E-state index is 4.73. The molecule has 3 nitrogen and oxygen atoms in total. The van der Waals surface area contributed by atoms with E-state index in [9.17, 15) is 0 Å². The number of rotatable bonds is 3. The molecule has 0 aliphatic heterocycles. The van der Waals surface area contributed by atoms with Crippen LogP contribution in [0.3, 0.4) is 0 Å². The third kappa shape index (κ3) is 2.09. The number of aromatic nitrogens is 2. The van der Waals surface area contributed by atoms with Gasteiger partial charge in [-0.3, -0.25) is 0 Å². The highest BCUT2D eigenvalue weighted by Crippen LogP contribution is 2.28. The molecule has 0 aromatic carbocycles. The van der Waals surface area contributed by atoms with Crippen molar-refractivity contribution in [2.24, 2.45) is 0 Å². The van der Waals surface area contributed by atoms with Gasteiger partial charge in [0.25, 0.3) is 0 Å². The molecule has 0 spiro atoms. The fourth-order valence-electron chi connectivity index (χ4n) is 2.28. The van der Waals surface area contributed by atoms with Gasteiger partial charge in [-0.2, -0.15) is 0 Å². The van der Waals surface area contributed by atoms with Crippen molar-refractivity contribution in [2.45, 2.75) is 51.5 Å². The van der Waals surface area contributed by atoms with Crippen LogP contribution in [0.4, 0.5) is 0 Å². The summed E-state index contributed by atoms with van der Waals surface area (Å²) in [6.07, 6.45) is 6.68. The summed E-state index contributed by atoms with van der Waals surface area (Å²) in [7, 11) is 2.02. The Morgan fingerprint density at radius 3 is 3.06 bits per heavy atom. The summed E-state index contributed by atoms with van der Waals surface area (Å²) in [5.41, 5.74) is 2.57. The van der Waals surface area contributed by atoms with Crippen LogP contribution in [0.15, 0.2) is 6.20 Å². The standard InChI is InChI=1S/C13H21N3/c1-4-9(2)13-15-8-10-11(14-3)6-5-7-12(10)16-13/h8-9,11,14H,4-7H2,1-3H3. The minimum atomic E-state index is 0.453. The van der Waals surface area contributed by atoms with Crippen LogP contribution >= 0.6 is 0 Å². The fraction of sp³-hybridized carbons (Fsp3) is 0.692. The van der Waals surface area contributed by atoms with Gasteiger partial charge in [-0.25, -0.2) is 9.97 Å². The largest absolute Gasteiger partial charge is 0.313 e. The molecule has 1 aromatic heterocycles. The zero-order valence-electron chi connectivity index (χ0n) is 10.5. The van der Waals surface area contributed by atoms with Crippen LogP contribution in [0.1, 0.15) is 62.2 Å². The second kappa shape index (κ2) is 4.91. The van der Waals surface area contributed by atoms with Gasteiger partial charge in [0, 0.05) is 29.4 Å². The molecule has 0 fully saturated rings. The van der Waals surface area contributed by atoms with Gasteiger partial charge in [-0.05, 0) is 32.7 Å². The van der Waals surface area contributed by atoms with E-state index in [4.69, 9.17) is 4.98 Å². The van der Waals surface area contributed by atoms with Gasteiger partial charge < -0.3 is 5.32 Å². The van der Waals surface area contributed by atoms with E-state index in [0.717, 1.165) is 18.7 Å². The van der Waals surface area contributed by atoms with Crippen molar-refractivity contribution in [3.8, 4) is 0 Å². The molecular weight excluding hydrogens is 198 g/mol. The average Bonchev–Trinajstić information content (AvgIpc) is 2.36. The summed E-state index contributed by atoms with van der Waals surface area (Å²) in [5.74, 6) is 1.48. The molecule has 1 N–H and O–H groups in total. The van der Waals surface area contributed by atoms with Crippen LogP contribution in [-0.4, -0.2) is 17.0 Å². The van der Waals surface area contributed by atoms with Crippen molar-refractivity contribution in [1.82, 2.24) is 15.3 Å². The summed E-state index contributed by atoms with van der Waals surface area (Å²) in [6, 6.07) is 0.453. The molecular formula is C13H21N3. The Labute approximate surface area is 97.7 Å². The molecule has 3 heteroatoms. The zero-order chi connectivity index (χ0) is 11.5. The number of fused-ring (bicyclic) bond motifs is 1. The summed E-state index contributed by atoms with van der Waals surface area (Å²) in [4.78, 5) is 9.24. The first-order valence-electron chi connectivity index (χ1n) is 6.29. The SMILES string of the molecule is CCC(C)c1ncc2c(n1)CCCC2NC. The smallest absolute Gasteiger partial charge is 0.131 e. The molecule has 1 aromatic rings. The predicted octanol–water partition coefficient (Wildman–Crippen LogP) is 2.59. The van der Waals surface area contributed by atoms with Crippen molar-refractivity contribution in [3.63, 3.8) is 0 Å². The Hall–Kier alpha value is -0.960. The number of nitrogens with one attached hydrogen (secondary N) is 1. The van der Waals surface area contributed by atoms with Crippen molar-refractivity contribution < 1.29 is 0 Å². The monoisotopic (exact) mass is 219 g/mol. The molecule has 0 saturated heterocycles. The van der Waals surface area contributed by atoms with Gasteiger partial charge in [0.05, 0.1) is 0 Å². The molecule has 0 bridgehead atoms. The molecule has 0 saturated carbocycles. The van der Waals surface area contributed by atoms with E-state index < -0.39 is 0 Å². The second-order valence-corrected chi connectivity index (χ2v) is 4.67. The van der Waals surface area contributed by atoms with Crippen LogP contribution < -0.4 is 5.32 Å². The molecule has 1 heterocycles. The molecule has 2 atom stereocenters. The quantitative estimate of drug-likeness (QED) is 0.849. The Morgan fingerprint density at radius 1 is 1.56 bits per heavy atom. The van der Waals surface area contributed by atoms with E-state index in [-0.39, 0.29) is 0 Å². The number of nitrogens with zero attached hydrogens (tertiary/aromatic N) is 2. The topological polar surface area (TPSA) is 37.8 Å². The highest BCUT2D eigenvalue weighted by Gasteiger charge is 2.21. The average molecular weight is 219 g/mol. The summed E-state index contributed by atoms with van der Waals surface area (Å²) < 4.78 is 0. The molecule has 1 aliphatic carbocycles. The molecule has 1 aliphatic rings. The highest BCUT2D eigenvalue weighted by atomic mass is 14.9. The minimum absolute atomic E-state index is 0.453. The Morgan fingerprint density at radius 2 is 2.38 bits per heavy atom. The summed E-state index contributed by atoms with van der Waals surface area (Å²) >= 11 is 0. The maximum absolute atomic E-state index is 4.73. The molecule has 0 amide bonds. The van der Waals surface area contributed by atoms with E-state index in [1.165, 1.54) is 24.1 Å². The van der Waals surface area contributed by atoms with Crippen molar-refractivity contribution in [3.05, 3.63) is 23.3 Å². The first kappa shape index (κ1) is 11.5. The van der Waals surface area contributed by atoms with Gasteiger partial charge in [0.15, 0.2) is 0 Å². The van der Waals surface area contributed by atoms with Crippen LogP contribution in [-0.2, 0) is 6.42 Å². The van der Waals surface area contributed by atoms with Crippen LogP contribution in [0, 0.1) is 0 Å². The van der Waals surface area contributed by atoms with Gasteiger partial charge in [0.1, 0.15) is 5.82 Å². The van der Waals surface area contributed by atoms with E-state index in [2.05, 4.69) is 24.1 Å². The molecule has 88 valence electrons. The first-order chi connectivity index (χ1) is 7.76. The Bertz CT molecular complexity index is 362. The predicted molar refractivity (Wildman–Crippen MR) is 65.5 cm³/mol. The van der Waals surface area contributed by atoms with E-state index in [0.29, 0.717) is 12.0 Å². The molecule has 2 rings (SSSR count). The second-order valence-electron chi connectivity index (χ2n) is 4.67. The van der Waals surface area contributed by atoms with E-state index in [1.807, 2.05) is 13.2 Å².